The minimum atomic E-state index is 0.573. The Bertz CT molecular complexity index is 608. The van der Waals surface area contributed by atoms with Crippen LogP contribution in [0, 0.1) is 18.8 Å². The molecule has 21 heavy (non-hydrogen) atoms. The number of aromatic nitrogens is 1. The fourth-order valence-electron chi connectivity index (χ4n) is 2.79. The molecule has 0 fully saturated rings. The van der Waals surface area contributed by atoms with Crippen LogP contribution in [-0.2, 0) is 13.1 Å². The van der Waals surface area contributed by atoms with E-state index in [4.69, 9.17) is 0 Å². The van der Waals surface area contributed by atoms with Crippen LogP contribution in [0.2, 0.25) is 0 Å². The zero-order valence-corrected chi connectivity index (χ0v) is 13.3. The zero-order valence-electron chi connectivity index (χ0n) is 13.3. The highest BCUT2D eigenvalue weighted by atomic mass is 16.3. The minimum absolute atomic E-state index is 0.573. The summed E-state index contributed by atoms with van der Waals surface area (Å²) in [5.74, 6) is 0. The van der Waals surface area contributed by atoms with Gasteiger partial charge in [-0.05, 0) is 54.4 Å². The van der Waals surface area contributed by atoms with E-state index in [1.807, 2.05) is 27.7 Å². The van der Waals surface area contributed by atoms with Crippen molar-refractivity contribution in [2.75, 3.05) is 11.4 Å². The van der Waals surface area contributed by atoms with E-state index in [2.05, 4.69) is 45.1 Å². The number of fused-ring (bicyclic) bond motifs is 1. The first-order valence-corrected chi connectivity index (χ1v) is 7.52. The molecule has 0 aliphatic carbocycles. The van der Waals surface area contributed by atoms with Crippen LogP contribution in [0.4, 0.5) is 11.4 Å². The third-order valence-corrected chi connectivity index (χ3v) is 3.82. The molecule has 0 saturated carbocycles. The smallest absolute Gasteiger partial charge is 0.113 e. The van der Waals surface area contributed by atoms with Crippen molar-refractivity contribution in [2.24, 2.45) is 5.18 Å². The normalized spacial score (nSPS) is 13.2. The molecule has 0 atom stereocenters. The fraction of sp³-hybridized carbons (Fsp3) is 0.412. The molecule has 0 N–H and O–H groups in total. The molecule has 1 aromatic carbocycles. The van der Waals surface area contributed by atoms with E-state index in [1.165, 1.54) is 11.4 Å². The molecule has 0 spiro atoms. The molecule has 2 aromatic rings. The van der Waals surface area contributed by atoms with Gasteiger partial charge in [0.2, 0.25) is 0 Å². The van der Waals surface area contributed by atoms with Crippen LogP contribution < -0.4 is 4.90 Å². The Labute approximate surface area is 126 Å². The lowest BCUT2D eigenvalue weighted by Gasteiger charge is -2.31. The van der Waals surface area contributed by atoms with Crippen molar-refractivity contribution in [1.29, 1.82) is 0 Å². The van der Waals surface area contributed by atoms with E-state index in [1.54, 1.807) is 0 Å². The predicted octanol–water partition coefficient (Wildman–Crippen LogP) is 4.55. The first-order chi connectivity index (χ1) is 10.2. The molecular formula is C17H23N3O. The Balaban J connectivity index is 0.000000774. The van der Waals surface area contributed by atoms with Gasteiger partial charge in [0, 0.05) is 30.7 Å². The Hall–Kier alpha value is -2.10. The Morgan fingerprint density at radius 2 is 1.76 bits per heavy atom. The van der Waals surface area contributed by atoms with Gasteiger partial charge in [-0.25, -0.2) is 0 Å². The third-order valence-electron chi connectivity index (χ3n) is 3.82. The van der Waals surface area contributed by atoms with Crippen molar-refractivity contribution in [3.8, 4) is 0 Å². The average molecular weight is 285 g/mol. The molecule has 4 heteroatoms. The van der Waals surface area contributed by atoms with E-state index < -0.39 is 0 Å². The molecule has 4 nitrogen and oxygen atoms in total. The van der Waals surface area contributed by atoms with Crippen LogP contribution in [0.1, 0.15) is 30.7 Å². The monoisotopic (exact) mass is 285 g/mol. The molecule has 1 aliphatic rings. The SMILES string of the molecule is CC.Cc1cc(N2CCn3cccc3C2)cc(C)c1N=O. The lowest BCUT2D eigenvalue weighted by molar-refractivity contribution is 0.572. The van der Waals surface area contributed by atoms with E-state index in [0.29, 0.717) is 5.69 Å². The lowest BCUT2D eigenvalue weighted by atomic mass is 10.1. The molecule has 2 heterocycles. The van der Waals surface area contributed by atoms with Crippen molar-refractivity contribution in [3.05, 3.63) is 52.2 Å². The van der Waals surface area contributed by atoms with Gasteiger partial charge in [-0.3, -0.25) is 0 Å². The van der Waals surface area contributed by atoms with Crippen molar-refractivity contribution in [1.82, 2.24) is 4.57 Å². The summed E-state index contributed by atoms with van der Waals surface area (Å²) >= 11 is 0. The van der Waals surface area contributed by atoms with E-state index in [9.17, 15) is 4.91 Å². The minimum Gasteiger partial charge on any atom is -0.364 e. The summed E-state index contributed by atoms with van der Waals surface area (Å²) in [5.41, 5.74) is 4.98. The van der Waals surface area contributed by atoms with Gasteiger partial charge in [0.25, 0.3) is 0 Å². The zero-order chi connectivity index (χ0) is 15.4. The molecule has 0 saturated heterocycles. The van der Waals surface area contributed by atoms with Gasteiger partial charge >= 0.3 is 0 Å². The van der Waals surface area contributed by atoms with E-state index in [0.717, 1.165) is 30.8 Å². The van der Waals surface area contributed by atoms with Gasteiger partial charge in [-0.1, -0.05) is 13.8 Å². The second-order valence-electron chi connectivity index (χ2n) is 5.13. The Kier molecular flexibility index (Phi) is 4.78. The fourth-order valence-corrected chi connectivity index (χ4v) is 2.79. The molecule has 0 radical (unpaired) electrons. The summed E-state index contributed by atoms with van der Waals surface area (Å²) in [6, 6.07) is 8.37. The molecule has 0 unspecified atom stereocenters. The van der Waals surface area contributed by atoms with E-state index in [-0.39, 0.29) is 0 Å². The molecule has 0 bridgehead atoms. The van der Waals surface area contributed by atoms with Gasteiger partial charge in [0.1, 0.15) is 5.69 Å². The number of aryl methyl sites for hydroxylation is 2. The van der Waals surface area contributed by atoms with Gasteiger partial charge in [-0.15, -0.1) is 4.91 Å². The second kappa shape index (κ2) is 6.57. The molecule has 1 aromatic heterocycles. The van der Waals surface area contributed by atoms with Crippen LogP contribution >= 0.6 is 0 Å². The van der Waals surface area contributed by atoms with Gasteiger partial charge in [-0.2, -0.15) is 0 Å². The number of rotatable bonds is 2. The predicted molar refractivity (Wildman–Crippen MR) is 88.2 cm³/mol. The quantitative estimate of drug-likeness (QED) is 0.759. The molecule has 0 amide bonds. The first kappa shape index (κ1) is 15.3. The maximum atomic E-state index is 10.8. The third kappa shape index (κ3) is 2.99. The number of anilines is 1. The average Bonchev–Trinajstić information content (AvgIpc) is 2.96. The standard InChI is InChI=1S/C15H17N3O.C2H6/c1-11-8-14(9-12(2)15(11)16-19)18-7-6-17-5-3-4-13(17)10-18;1-2/h3-5,8-9H,6-7,10H2,1-2H3;1-2H3. The Morgan fingerprint density at radius 3 is 2.38 bits per heavy atom. The summed E-state index contributed by atoms with van der Waals surface area (Å²) < 4.78 is 2.29. The van der Waals surface area contributed by atoms with Crippen LogP contribution in [0.3, 0.4) is 0 Å². The van der Waals surface area contributed by atoms with Crippen molar-refractivity contribution >= 4 is 11.4 Å². The van der Waals surface area contributed by atoms with Gasteiger partial charge < -0.3 is 9.47 Å². The number of nitrogens with zero attached hydrogens (tertiary/aromatic N) is 3. The van der Waals surface area contributed by atoms with Gasteiger partial charge in [0.15, 0.2) is 0 Å². The second-order valence-corrected chi connectivity index (χ2v) is 5.13. The summed E-state index contributed by atoms with van der Waals surface area (Å²) in [6.45, 7) is 10.8. The highest BCUT2D eigenvalue weighted by molar-refractivity contribution is 5.62. The Morgan fingerprint density at radius 1 is 1.10 bits per heavy atom. The summed E-state index contributed by atoms with van der Waals surface area (Å²) in [5, 5.41) is 3.11. The van der Waals surface area contributed by atoms with Crippen molar-refractivity contribution < 1.29 is 0 Å². The number of hydrogen-bond donors (Lipinski definition) is 0. The maximum Gasteiger partial charge on any atom is 0.113 e. The molecule has 3 rings (SSSR count). The molecule has 112 valence electrons. The molecular weight excluding hydrogens is 262 g/mol. The first-order valence-electron chi connectivity index (χ1n) is 7.52. The van der Waals surface area contributed by atoms with Crippen LogP contribution in [-0.4, -0.2) is 11.1 Å². The van der Waals surface area contributed by atoms with Crippen LogP contribution in [0.5, 0.6) is 0 Å². The maximum absolute atomic E-state index is 10.8. The highest BCUT2D eigenvalue weighted by Crippen LogP contribution is 2.30. The molecule has 1 aliphatic heterocycles. The summed E-state index contributed by atoms with van der Waals surface area (Å²) in [6.07, 6.45) is 2.13. The van der Waals surface area contributed by atoms with Gasteiger partial charge in [0.05, 0.1) is 6.54 Å². The van der Waals surface area contributed by atoms with Crippen LogP contribution in [0.15, 0.2) is 35.6 Å². The van der Waals surface area contributed by atoms with Crippen molar-refractivity contribution in [3.63, 3.8) is 0 Å². The largest absolute Gasteiger partial charge is 0.364 e. The topological polar surface area (TPSA) is 37.6 Å². The van der Waals surface area contributed by atoms with Crippen LogP contribution in [0.25, 0.3) is 0 Å². The summed E-state index contributed by atoms with van der Waals surface area (Å²) in [4.78, 5) is 13.1. The lowest BCUT2D eigenvalue weighted by Crippen LogP contribution is -2.33. The number of hydrogen-bond acceptors (Lipinski definition) is 3. The number of nitroso groups, excluding NO2 is 1. The highest BCUT2D eigenvalue weighted by Gasteiger charge is 2.17. The van der Waals surface area contributed by atoms with E-state index >= 15 is 0 Å². The summed E-state index contributed by atoms with van der Waals surface area (Å²) in [7, 11) is 0. The number of benzene rings is 1. The van der Waals surface area contributed by atoms with Crippen molar-refractivity contribution in [2.45, 2.75) is 40.8 Å².